The van der Waals surface area contributed by atoms with Gasteiger partial charge in [0.2, 0.25) is 10.0 Å². The van der Waals surface area contributed by atoms with Gasteiger partial charge in [-0.05, 0) is 19.3 Å². The lowest BCUT2D eigenvalue weighted by molar-refractivity contribution is -0.141. The predicted molar refractivity (Wildman–Crippen MR) is 60.1 cm³/mol. The van der Waals surface area contributed by atoms with E-state index in [0.717, 1.165) is 12.8 Å². The van der Waals surface area contributed by atoms with Crippen LogP contribution in [0.3, 0.4) is 0 Å². The zero-order valence-corrected chi connectivity index (χ0v) is 10.4. The highest BCUT2D eigenvalue weighted by atomic mass is 32.2. The number of carboxylic acid groups (broad SMARTS) is 1. The first-order chi connectivity index (χ1) is 7.99. The molecule has 0 aromatic carbocycles. The van der Waals surface area contributed by atoms with Crippen molar-refractivity contribution in [3.63, 3.8) is 0 Å². The van der Waals surface area contributed by atoms with Crippen LogP contribution in [0, 0.1) is 5.92 Å². The van der Waals surface area contributed by atoms with E-state index in [0.29, 0.717) is 19.6 Å². The summed E-state index contributed by atoms with van der Waals surface area (Å²) in [4.78, 5) is 10.8. The molecule has 2 fully saturated rings. The van der Waals surface area contributed by atoms with E-state index >= 15 is 0 Å². The zero-order chi connectivity index (χ0) is 12.5. The molecular weight excluding hydrogens is 246 g/mol. The SMILES string of the molecule is O=C(O)C1CCN(S(=O)(=O)CC2CCCO2)C1. The number of ether oxygens (including phenoxy) is 1. The zero-order valence-electron chi connectivity index (χ0n) is 9.54. The van der Waals surface area contributed by atoms with E-state index < -0.39 is 21.9 Å². The lowest BCUT2D eigenvalue weighted by atomic mass is 10.1. The summed E-state index contributed by atoms with van der Waals surface area (Å²) in [6.45, 7) is 1.04. The topological polar surface area (TPSA) is 83.9 Å². The van der Waals surface area contributed by atoms with Crippen LogP contribution >= 0.6 is 0 Å². The lowest BCUT2D eigenvalue weighted by Gasteiger charge is -2.18. The Morgan fingerprint density at radius 1 is 1.41 bits per heavy atom. The molecule has 0 saturated carbocycles. The molecule has 2 aliphatic rings. The number of sulfonamides is 1. The van der Waals surface area contributed by atoms with Crippen molar-refractivity contribution in [2.75, 3.05) is 25.4 Å². The average Bonchev–Trinajstić information content (AvgIpc) is 2.84. The third kappa shape index (κ3) is 2.97. The van der Waals surface area contributed by atoms with E-state index in [4.69, 9.17) is 9.84 Å². The maximum absolute atomic E-state index is 12.0. The Labute approximate surface area is 101 Å². The van der Waals surface area contributed by atoms with Crippen LogP contribution in [0.25, 0.3) is 0 Å². The molecule has 0 bridgehead atoms. The number of carbonyl (C=O) groups is 1. The van der Waals surface area contributed by atoms with Crippen molar-refractivity contribution in [3.05, 3.63) is 0 Å². The molecule has 0 aromatic heterocycles. The maximum Gasteiger partial charge on any atom is 0.307 e. The van der Waals surface area contributed by atoms with E-state index in [9.17, 15) is 13.2 Å². The summed E-state index contributed by atoms with van der Waals surface area (Å²) in [5.74, 6) is -1.49. The van der Waals surface area contributed by atoms with Crippen LogP contribution in [0.2, 0.25) is 0 Å². The van der Waals surface area contributed by atoms with Gasteiger partial charge < -0.3 is 9.84 Å². The molecule has 0 aromatic rings. The van der Waals surface area contributed by atoms with Crippen LogP contribution < -0.4 is 0 Å². The van der Waals surface area contributed by atoms with Gasteiger partial charge >= 0.3 is 5.97 Å². The molecule has 6 nitrogen and oxygen atoms in total. The summed E-state index contributed by atoms with van der Waals surface area (Å²) in [6.07, 6.45) is 1.86. The van der Waals surface area contributed by atoms with Crippen LogP contribution in [0.1, 0.15) is 19.3 Å². The van der Waals surface area contributed by atoms with Gasteiger partial charge in [-0.15, -0.1) is 0 Å². The van der Waals surface area contributed by atoms with Gasteiger partial charge in [-0.1, -0.05) is 0 Å². The fraction of sp³-hybridized carbons (Fsp3) is 0.900. The van der Waals surface area contributed by atoms with Gasteiger partial charge in [-0.25, -0.2) is 12.7 Å². The molecule has 2 atom stereocenters. The highest BCUT2D eigenvalue weighted by molar-refractivity contribution is 7.89. The summed E-state index contributed by atoms with van der Waals surface area (Å²) < 4.78 is 30.6. The Bertz CT molecular complexity index is 388. The first-order valence-corrected chi connectivity index (χ1v) is 7.42. The molecule has 17 heavy (non-hydrogen) atoms. The molecule has 0 radical (unpaired) electrons. The van der Waals surface area contributed by atoms with Gasteiger partial charge in [0.1, 0.15) is 0 Å². The van der Waals surface area contributed by atoms with Crippen molar-refractivity contribution in [1.29, 1.82) is 0 Å². The minimum Gasteiger partial charge on any atom is -0.481 e. The molecule has 98 valence electrons. The Hall–Kier alpha value is -0.660. The molecule has 2 saturated heterocycles. The standard InChI is InChI=1S/C10H17NO5S/c12-10(13)8-3-4-11(6-8)17(14,15)7-9-2-1-5-16-9/h8-9H,1-7H2,(H,12,13). The van der Waals surface area contributed by atoms with Gasteiger partial charge in [-0.3, -0.25) is 4.79 Å². The Balaban J connectivity index is 1.94. The average molecular weight is 263 g/mol. The number of hydrogen-bond acceptors (Lipinski definition) is 4. The van der Waals surface area contributed by atoms with E-state index in [1.54, 1.807) is 0 Å². The quantitative estimate of drug-likeness (QED) is 0.766. The molecular formula is C10H17NO5S. The molecule has 0 amide bonds. The van der Waals surface area contributed by atoms with Crippen molar-refractivity contribution in [1.82, 2.24) is 4.31 Å². The second kappa shape index (κ2) is 4.91. The van der Waals surface area contributed by atoms with Gasteiger partial charge in [0, 0.05) is 19.7 Å². The number of aliphatic carboxylic acids is 1. The van der Waals surface area contributed by atoms with E-state index in [2.05, 4.69) is 0 Å². The molecule has 7 heteroatoms. The van der Waals surface area contributed by atoms with Crippen LogP contribution in [0.15, 0.2) is 0 Å². The van der Waals surface area contributed by atoms with Gasteiger partial charge in [0.25, 0.3) is 0 Å². The highest BCUT2D eigenvalue weighted by Crippen LogP contribution is 2.22. The second-order valence-corrected chi connectivity index (χ2v) is 6.61. The van der Waals surface area contributed by atoms with Crippen LogP contribution in [0.5, 0.6) is 0 Å². The summed E-state index contributed by atoms with van der Waals surface area (Å²) >= 11 is 0. The second-order valence-electron chi connectivity index (χ2n) is 4.60. The minimum absolute atomic E-state index is 0.0145. The molecule has 2 aliphatic heterocycles. The van der Waals surface area contributed by atoms with Crippen LogP contribution in [-0.2, 0) is 19.6 Å². The van der Waals surface area contributed by atoms with Gasteiger partial charge in [0.15, 0.2) is 0 Å². The first-order valence-electron chi connectivity index (χ1n) is 5.81. The smallest absolute Gasteiger partial charge is 0.307 e. The van der Waals surface area contributed by atoms with Crippen molar-refractivity contribution in [3.8, 4) is 0 Å². The molecule has 0 aliphatic carbocycles. The van der Waals surface area contributed by atoms with Crippen molar-refractivity contribution >= 4 is 16.0 Å². The van der Waals surface area contributed by atoms with Crippen LogP contribution in [0.4, 0.5) is 0 Å². The summed E-state index contributed by atoms with van der Waals surface area (Å²) in [7, 11) is -3.36. The molecule has 0 spiro atoms. The molecule has 2 rings (SSSR count). The Kier molecular flexibility index (Phi) is 3.70. The van der Waals surface area contributed by atoms with Crippen molar-refractivity contribution < 1.29 is 23.1 Å². The van der Waals surface area contributed by atoms with Crippen LogP contribution in [-0.4, -0.2) is 55.4 Å². The first kappa shape index (κ1) is 12.8. The Morgan fingerprint density at radius 2 is 2.18 bits per heavy atom. The molecule has 2 heterocycles. The molecule has 2 unspecified atom stereocenters. The number of hydrogen-bond donors (Lipinski definition) is 1. The number of rotatable bonds is 4. The normalized spacial score (nSPS) is 30.8. The van der Waals surface area contributed by atoms with E-state index in [-0.39, 0.29) is 18.4 Å². The lowest BCUT2D eigenvalue weighted by Crippen LogP contribution is -2.35. The van der Waals surface area contributed by atoms with Gasteiger partial charge in [0.05, 0.1) is 17.8 Å². The van der Waals surface area contributed by atoms with E-state index in [1.807, 2.05) is 0 Å². The fourth-order valence-electron chi connectivity index (χ4n) is 2.30. The molecule has 1 N–H and O–H groups in total. The van der Waals surface area contributed by atoms with E-state index in [1.165, 1.54) is 4.31 Å². The fourth-order valence-corrected chi connectivity index (χ4v) is 4.03. The predicted octanol–water partition coefficient (Wildman–Crippen LogP) is -0.0983. The monoisotopic (exact) mass is 263 g/mol. The largest absolute Gasteiger partial charge is 0.481 e. The van der Waals surface area contributed by atoms with Crippen molar-refractivity contribution in [2.45, 2.75) is 25.4 Å². The number of carboxylic acids is 1. The van der Waals surface area contributed by atoms with Crippen molar-refractivity contribution in [2.24, 2.45) is 5.92 Å². The summed E-state index contributed by atoms with van der Waals surface area (Å²) in [5, 5.41) is 8.83. The van der Waals surface area contributed by atoms with Gasteiger partial charge in [-0.2, -0.15) is 0 Å². The number of nitrogens with zero attached hydrogens (tertiary/aromatic N) is 1. The summed E-state index contributed by atoms with van der Waals surface area (Å²) in [5.41, 5.74) is 0. The maximum atomic E-state index is 12.0. The third-order valence-electron chi connectivity index (χ3n) is 3.31. The Morgan fingerprint density at radius 3 is 2.71 bits per heavy atom. The highest BCUT2D eigenvalue weighted by Gasteiger charge is 2.36. The minimum atomic E-state index is -3.36. The third-order valence-corrected chi connectivity index (χ3v) is 5.23. The summed E-state index contributed by atoms with van der Waals surface area (Å²) in [6, 6.07) is 0.